The van der Waals surface area contributed by atoms with Crippen molar-refractivity contribution in [1.82, 2.24) is 10.2 Å². The van der Waals surface area contributed by atoms with Crippen LogP contribution in [0.25, 0.3) is 0 Å². The second-order valence-electron chi connectivity index (χ2n) is 8.63. The van der Waals surface area contributed by atoms with Crippen LogP contribution in [0.5, 0.6) is 5.75 Å². The zero-order valence-electron chi connectivity index (χ0n) is 20.3. The Balaban J connectivity index is 1.41. The van der Waals surface area contributed by atoms with Crippen molar-refractivity contribution in [2.45, 2.75) is 32.4 Å². The van der Waals surface area contributed by atoms with Gasteiger partial charge in [-0.2, -0.15) is 13.2 Å². The number of carbonyl (C=O) groups is 1. The van der Waals surface area contributed by atoms with Crippen molar-refractivity contribution in [3.63, 3.8) is 0 Å². The number of benzene rings is 3. The SMILES string of the molecule is COc1ccc(CN(Cc2ccccc2)Cc2ccc(C(=O)NCc3cccc(C(F)(F)F)c3)o2)cc1. The third-order valence-corrected chi connectivity index (χ3v) is 5.79. The van der Waals surface area contributed by atoms with Gasteiger partial charge in [-0.1, -0.05) is 54.6 Å². The van der Waals surface area contributed by atoms with Crippen molar-refractivity contribution in [3.05, 3.63) is 125 Å². The smallest absolute Gasteiger partial charge is 0.416 e. The number of nitrogens with one attached hydrogen (secondary N) is 1. The minimum atomic E-state index is -4.44. The molecule has 0 saturated carbocycles. The molecule has 1 aromatic heterocycles. The van der Waals surface area contributed by atoms with Crippen molar-refractivity contribution in [2.24, 2.45) is 0 Å². The minimum Gasteiger partial charge on any atom is -0.497 e. The Hall–Kier alpha value is -4.04. The van der Waals surface area contributed by atoms with E-state index in [4.69, 9.17) is 9.15 Å². The quantitative estimate of drug-likeness (QED) is 0.268. The van der Waals surface area contributed by atoms with Crippen LogP contribution in [0, 0.1) is 0 Å². The first-order valence-corrected chi connectivity index (χ1v) is 11.7. The van der Waals surface area contributed by atoms with Gasteiger partial charge in [0.2, 0.25) is 0 Å². The molecule has 1 heterocycles. The van der Waals surface area contributed by atoms with Crippen LogP contribution in [0.15, 0.2) is 95.4 Å². The van der Waals surface area contributed by atoms with E-state index in [-0.39, 0.29) is 12.3 Å². The molecule has 3 aromatic carbocycles. The normalized spacial score (nSPS) is 11.5. The highest BCUT2D eigenvalue weighted by molar-refractivity contribution is 5.91. The van der Waals surface area contributed by atoms with Gasteiger partial charge in [-0.15, -0.1) is 0 Å². The number of halogens is 3. The van der Waals surface area contributed by atoms with E-state index in [1.807, 2.05) is 42.5 Å². The van der Waals surface area contributed by atoms with Crippen LogP contribution in [-0.4, -0.2) is 17.9 Å². The predicted molar refractivity (Wildman–Crippen MR) is 134 cm³/mol. The molecule has 0 aliphatic heterocycles. The van der Waals surface area contributed by atoms with Gasteiger partial charge >= 0.3 is 6.18 Å². The fourth-order valence-electron chi connectivity index (χ4n) is 3.93. The second-order valence-corrected chi connectivity index (χ2v) is 8.63. The molecule has 0 fully saturated rings. The summed E-state index contributed by atoms with van der Waals surface area (Å²) >= 11 is 0. The van der Waals surface area contributed by atoms with Gasteiger partial charge in [-0.3, -0.25) is 9.69 Å². The average molecular weight is 509 g/mol. The summed E-state index contributed by atoms with van der Waals surface area (Å²) in [6, 6.07) is 26.1. The maximum atomic E-state index is 12.9. The predicted octanol–water partition coefficient (Wildman–Crippen LogP) is 6.44. The van der Waals surface area contributed by atoms with Crippen molar-refractivity contribution in [1.29, 1.82) is 0 Å². The van der Waals surface area contributed by atoms with Gasteiger partial charge < -0.3 is 14.5 Å². The molecular formula is C29H27F3N2O3. The number of nitrogens with zero attached hydrogens (tertiary/aromatic N) is 1. The van der Waals surface area contributed by atoms with E-state index >= 15 is 0 Å². The first-order chi connectivity index (χ1) is 17.8. The zero-order chi connectivity index (χ0) is 26.3. The summed E-state index contributed by atoms with van der Waals surface area (Å²) in [5, 5.41) is 2.63. The van der Waals surface area contributed by atoms with E-state index < -0.39 is 17.6 Å². The van der Waals surface area contributed by atoms with E-state index in [1.165, 1.54) is 12.1 Å². The monoisotopic (exact) mass is 508 g/mol. The van der Waals surface area contributed by atoms with E-state index in [9.17, 15) is 18.0 Å². The summed E-state index contributed by atoms with van der Waals surface area (Å²) in [7, 11) is 1.63. The van der Waals surface area contributed by atoms with Gasteiger partial charge in [0, 0.05) is 19.6 Å². The second kappa shape index (κ2) is 11.8. The Morgan fingerprint density at radius 2 is 1.51 bits per heavy atom. The highest BCUT2D eigenvalue weighted by atomic mass is 19.4. The van der Waals surface area contributed by atoms with Crippen molar-refractivity contribution in [3.8, 4) is 5.75 Å². The standard InChI is InChI=1S/C29H27F3N2O3/c1-36-25-12-10-22(11-13-25)19-34(18-21-6-3-2-4-7-21)20-26-14-15-27(37-26)28(35)33-17-23-8-5-9-24(16-23)29(30,31)32/h2-16H,17-20H2,1H3,(H,33,35). The van der Waals surface area contributed by atoms with Gasteiger partial charge in [-0.25, -0.2) is 0 Å². The lowest BCUT2D eigenvalue weighted by molar-refractivity contribution is -0.137. The molecule has 0 aliphatic carbocycles. The Morgan fingerprint density at radius 1 is 0.838 bits per heavy atom. The third kappa shape index (κ3) is 7.47. The van der Waals surface area contributed by atoms with Gasteiger partial charge in [0.1, 0.15) is 11.5 Å². The fourth-order valence-corrected chi connectivity index (χ4v) is 3.93. The molecule has 37 heavy (non-hydrogen) atoms. The number of hydrogen-bond acceptors (Lipinski definition) is 4. The lowest BCUT2D eigenvalue weighted by atomic mass is 10.1. The average Bonchev–Trinajstić information content (AvgIpc) is 3.36. The summed E-state index contributed by atoms with van der Waals surface area (Å²) in [4.78, 5) is 14.8. The Morgan fingerprint density at radius 3 is 2.19 bits per heavy atom. The van der Waals surface area contributed by atoms with Crippen LogP contribution in [-0.2, 0) is 32.4 Å². The molecule has 1 N–H and O–H groups in total. The van der Waals surface area contributed by atoms with Crippen LogP contribution in [0.1, 0.15) is 38.6 Å². The fraction of sp³-hybridized carbons (Fsp3) is 0.207. The molecule has 0 bridgehead atoms. The Labute approximate surface area is 213 Å². The molecule has 1 amide bonds. The van der Waals surface area contributed by atoms with Crippen LogP contribution >= 0.6 is 0 Å². The number of amides is 1. The molecule has 4 aromatic rings. The van der Waals surface area contributed by atoms with Crippen LogP contribution in [0.4, 0.5) is 13.2 Å². The highest BCUT2D eigenvalue weighted by Crippen LogP contribution is 2.29. The van der Waals surface area contributed by atoms with Gasteiger partial charge in [-0.05, 0) is 53.1 Å². The summed E-state index contributed by atoms with van der Waals surface area (Å²) in [6.07, 6.45) is -4.44. The first-order valence-electron chi connectivity index (χ1n) is 11.7. The summed E-state index contributed by atoms with van der Waals surface area (Å²) in [5.74, 6) is 0.998. The number of carbonyl (C=O) groups excluding carboxylic acids is 1. The maximum absolute atomic E-state index is 12.9. The topological polar surface area (TPSA) is 54.7 Å². The summed E-state index contributed by atoms with van der Waals surface area (Å²) < 4.78 is 49.9. The molecule has 192 valence electrons. The molecule has 8 heteroatoms. The van der Waals surface area contributed by atoms with Crippen LogP contribution in [0.2, 0.25) is 0 Å². The number of hydrogen-bond donors (Lipinski definition) is 1. The lowest BCUT2D eigenvalue weighted by Crippen LogP contribution is -2.23. The van der Waals surface area contributed by atoms with Crippen molar-refractivity contribution >= 4 is 5.91 Å². The molecule has 5 nitrogen and oxygen atoms in total. The van der Waals surface area contributed by atoms with Crippen molar-refractivity contribution in [2.75, 3.05) is 7.11 Å². The first kappa shape index (κ1) is 26.0. The maximum Gasteiger partial charge on any atom is 0.416 e. The van der Waals surface area contributed by atoms with E-state index in [1.54, 1.807) is 19.2 Å². The van der Waals surface area contributed by atoms with Crippen LogP contribution in [0.3, 0.4) is 0 Å². The molecule has 4 rings (SSSR count). The molecule has 0 radical (unpaired) electrons. The molecule has 0 unspecified atom stereocenters. The molecule has 0 atom stereocenters. The zero-order valence-corrected chi connectivity index (χ0v) is 20.3. The summed E-state index contributed by atoms with van der Waals surface area (Å²) in [6.45, 7) is 1.74. The van der Waals surface area contributed by atoms with Gasteiger partial charge in [0.15, 0.2) is 5.76 Å². The number of furan rings is 1. The molecule has 0 spiro atoms. The van der Waals surface area contributed by atoms with E-state index in [0.717, 1.165) is 29.0 Å². The largest absolute Gasteiger partial charge is 0.497 e. The molecule has 0 aliphatic rings. The Bertz CT molecular complexity index is 1300. The third-order valence-electron chi connectivity index (χ3n) is 5.79. The number of ether oxygens (including phenoxy) is 1. The van der Waals surface area contributed by atoms with Crippen molar-refractivity contribution < 1.29 is 27.1 Å². The van der Waals surface area contributed by atoms with Crippen LogP contribution < -0.4 is 10.1 Å². The number of alkyl halides is 3. The number of rotatable bonds is 10. The molecular weight excluding hydrogens is 481 g/mol. The molecule has 0 saturated heterocycles. The summed E-state index contributed by atoms with van der Waals surface area (Å²) in [5.41, 5.74) is 1.84. The number of methoxy groups -OCH3 is 1. The minimum absolute atomic E-state index is 0.0452. The Kier molecular flexibility index (Phi) is 8.30. The van der Waals surface area contributed by atoms with E-state index in [2.05, 4.69) is 22.3 Å². The van der Waals surface area contributed by atoms with Gasteiger partial charge in [0.25, 0.3) is 5.91 Å². The van der Waals surface area contributed by atoms with Gasteiger partial charge in [0.05, 0.1) is 19.2 Å². The highest BCUT2D eigenvalue weighted by Gasteiger charge is 2.30. The lowest BCUT2D eigenvalue weighted by Gasteiger charge is -2.21. The van der Waals surface area contributed by atoms with E-state index in [0.29, 0.717) is 31.0 Å².